The lowest BCUT2D eigenvalue weighted by molar-refractivity contribution is 0.414. The number of aromatic nitrogens is 3. The zero-order valence-corrected chi connectivity index (χ0v) is 14.9. The van der Waals surface area contributed by atoms with E-state index in [0.29, 0.717) is 18.3 Å². The zero-order chi connectivity index (χ0) is 18.5. The second-order valence-electron chi connectivity index (χ2n) is 5.96. The van der Waals surface area contributed by atoms with Crippen LogP contribution < -0.4 is 15.4 Å². The predicted octanol–water partition coefficient (Wildman–Crippen LogP) is 4.39. The summed E-state index contributed by atoms with van der Waals surface area (Å²) in [6.45, 7) is 0.622. The zero-order valence-electron chi connectivity index (χ0n) is 14.9. The molecular weight excluding hydrogens is 338 g/mol. The molecule has 27 heavy (non-hydrogen) atoms. The van der Waals surface area contributed by atoms with E-state index in [1.807, 2.05) is 66.7 Å². The molecule has 2 N–H and O–H groups in total. The Hall–Kier alpha value is -3.67. The standard InChI is InChI=1S/C21H19N5O/c1-27-17-11-9-15(10-12-17)14-23-20-19-18(8-5-13-22-19)25-21(26-20)24-16-6-3-2-4-7-16/h2-13H,14H2,1H3,(H2,23,24,25,26). The summed E-state index contributed by atoms with van der Waals surface area (Å²) >= 11 is 0. The van der Waals surface area contributed by atoms with Crippen LogP contribution in [0.1, 0.15) is 5.56 Å². The second-order valence-corrected chi connectivity index (χ2v) is 5.96. The number of para-hydroxylation sites is 1. The van der Waals surface area contributed by atoms with Crippen LogP contribution in [-0.4, -0.2) is 22.1 Å². The van der Waals surface area contributed by atoms with Gasteiger partial charge < -0.3 is 15.4 Å². The highest BCUT2D eigenvalue weighted by Gasteiger charge is 2.09. The SMILES string of the molecule is COc1ccc(CNc2nc(Nc3ccccc3)nc3cccnc23)cc1. The summed E-state index contributed by atoms with van der Waals surface area (Å²) in [7, 11) is 1.66. The largest absolute Gasteiger partial charge is 0.497 e. The minimum Gasteiger partial charge on any atom is -0.497 e. The highest BCUT2D eigenvalue weighted by molar-refractivity contribution is 5.86. The Kier molecular flexibility index (Phi) is 4.78. The summed E-state index contributed by atoms with van der Waals surface area (Å²) < 4.78 is 5.20. The number of hydrogen-bond acceptors (Lipinski definition) is 6. The van der Waals surface area contributed by atoms with Crippen molar-refractivity contribution in [2.75, 3.05) is 17.7 Å². The third-order valence-electron chi connectivity index (χ3n) is 4.10. The van der Waals surface area contributed by atoms with Crippen molar-refractivity contribution in [2.45, 2.75) is 6.54 Å². The van der Waals surface area contributed by atoms with E-state index in [1.165, 1.54) is 0 Å². The minimum atomic E-state index is 0.527. The van der Waals surface area contributed by atoms with Crippen molar-refractivity contribution in [3.63, 3.8) is 0 Å². The summed E-state index contributed by atoms with van der Waals surface area (Å²) in [5.74, 6) is 2.05. The lowest BCUT2D eigenvalue weighted by Gasteiger charge is -2.11. The average molecular weight is 357 g/mol. The Balaban J connectivity index is 1.61. The van der Waals surface area contributed by atoms with Crippen LogP contribution in [0.15, 0.2) is 72.9 Å². The van der Waals surface area contributed by atoms with E-state index >= 15 is 0 Å². The van der Waals surface area contributed by atoms with Gasteiger partial charge in [-0.1, -0.05) is 30.3 Å². The summed E-state index contributed by atoms with van der Waals surface area (Å²) in [6.07, 6.45) is 1.74. The number of fused-ring (bicyclic) bond motifs is 1. The number of methoxy groups -OCH3 is 1. The van der Waals surface area contributed by atoms with Crippen molar-refractivity contribution in [3.05, 3.63) is 78.5 Å². The van der Waals surface area contributed by atoms with E-state index < -0.39 is 0 Å². The molecule has 0 spiro atoms. The molecule has 0 atom stereocenters. The summed E-state index contributed by atoms with van der Waals surface area (Å²) in [6, 6.07) is 21.6. The number of benzene rings is 2. The van der Waals surface area contributed by atoms with Crippen molar-refractivity contribution >= 4 is 28.5 Å². The quantitative estimate of drug-likeness (QED) is 0.533. The third kappa shape index (κ3) is 3.95. The van der Waals surface area contributed by atoms with Crippen LogP contribution in [0.4, 0.5) is 17.5 Å². The topological polar surface area (TPSA) is 72.0 Å². The number of nitrogens with zero attached hydrogens (tertiary/aromatic N) is 3. The molecule has 2 aromatic carbocycles. The van der Waals surface area contributed by atoms with Gasteiger partial charge in [0.15, 0.2) is 5.82 Å². The van der Waals surface area contributed by atoms with Crippen LogP contribution in [0.25, 0.3) is 11.0 Å². The number of pyridine rings is 1. The van der Waals surface area contributed by atoms with Crippen LogP contribution in [0.2, 0.25) is 0 Å². The maximum absolute atomic E-state index is 5.20. The highest BCUT2D eigenvalue weighted by Crippen LogP contribution is 2.22. The van der Waals surface area contributed by atoms with E-state index in [1.54, 1.807) is 13.3 Å². The highest BCUT2D eigenvalue weighted by atomic mass is 16.5. The van der Waals surface area contributed by atoms with E-state index in [2.05, 4.69) is 25.6 Å². The molecule has 0 saturated carbocycles. The predicted molar refractivity (Wildman–Crippen MR) is 107 cm³/mol. The van der Waals surface area contributed by atoms with Gasteiger partial charge in [-0.05, 0) is 42.0 Å². The van der Waals surface area contributed by atoms with Gasteiger partial charge in [-0.25, -0.2) is 4.98 Å². The van der Waals surface area contributed by atoms with Crippen molar-refractivity contribution in [2.24, 2.45) is 0 Å². The molecule has 4 aromatic rings. The summed E-state index contributed by atoms with van der Waals surface area (Å²) in [5, 5.41) is 6.62. The van der Waals surface area contributed by atoms with Gasteiger partial charge >= 0.3 is 0 Å². The fraction of sp³-hybridized carbons (Fsp3) is 0.0952. The Labute approximate surface area is 157 Å². The van der Waals surface area contributed by atoms with Crippen LogP contribution in [0.5, 0.6) is 5.75 Å². The Morgan fingerprint density at radius 1 is 0.889 bits per heavy atom. The number of anilines is 3. The number of hydrogen-bond donors (Lipinski definition) is 2. The first-order valence-electron chi connectivity index (χ1n) is 8.63. The van der Waals surface area contributed by atoms with Crippen LogP contribution >= 0.6 is 0 Å². The molecule has 2 heterocycles. The fourth-order valence-electron chi connectivity index (χ4n) is 2.73. The molecule has 0 fully saturated rings. The minimum absolute atomic E-state index is 0.527. The van der Waals surface area contributed by atoms with Crippen molar-refractivity contribution < 1.29 is 4.74 Å². The van der Waals surface area contributed by atoms with Gasteiger partial charge in [0, 0.05) is 18.4 Å². The van der Waals surface area contributed by atoms with E-state index in [0.717, 1.165) is 28.0 Å². The van der Waals surface area contributed by atoms with Gasteiger partial charge in [0.1, 0.15) is 11.3 Å². The second kappa shape index (κ2) is 7.70. The fourth-order valence-corrected chi connectivity index (χ4v) is 2.73. The van der Waals surface area contributed by atoms with E-state index in [9.17, 15) is 0 Å². The Morgan fingerprint density at radius 3 is 2.48 bits per heavy atom. The molecule has 0 saturated heterocycles. The van der Waals surface area contributed by atoms with Gasteiger partial charge in [-0.15, -0.1) is 0 Å². The molecule has 0 bridgehead atoms. The number of nitrogens with one attached hydrogen (secondary N) is 2. The first-order valence-corrected chi connectivity index (χ1v) is 8.63. The molecule has 134 valence electrons. The third-order valence-corrected chi connectivity index (χ3v) is 4.10. The van der Waals surface area contributed by atoms with Gasteiger partial charge in [0.2, 0.25) is 5.95 Å². The van der Waals surface area contributed by atoms with Crippen molar-refractivity contribution in [3.8, 4) is 5.75 Å². The number of ether oxygens (including phenoxy) is 1. The van der Waals surface area contributed by atoms with E-state index in [-0.39, 0.29) is 0 Å². The van der Waals surface area contributed by atoms with Crippen LogP contribution in [-0.2, 0) is 6.54 Å². The first kappa shape index (κ1) is 16.8. The van der Waals surface area contributed by atoms with Crippen LogP contribution in [0, 0.1) is 0 Å². The smallest absolute Gasteiger partial charge is 0.229 e. The normalized spacial score (nSPS) is 10.6. The number of rotatable bonds is 6. The molecule has 0 aliphatic heterocycles. The van der Waals surface area contributed by atoms with Gasteiger partial charge in [-0.2, -0.15) is 4.98 Å². The molecule has 4 rings (SSSR count). The lowest BCUT2D eigenvalue weighted by atomic mass is 10.2. The monoisotopic (exact) mass is 357 g/mol. The van der Waals surface area contributed by atoms with E-state index in [4.69, 9.17) is 4.74 Å². The first-order chi connectivity index (χ1) is 13.3. The maximum atomic E-state index is 5.20. The molecular formula is C21H19N5O. The summed E-state index contributed by atoms with van der Waals surface area (Å²) in [4.78, 5) is 13.6. The Morgan fingerprint density at radius 2 is 1.70 bits per heavy atom. The molecule has 6 nitrogen and oxygen atoms in total. The molecule has 0 radical (unpaired) electrons. The van der Waals surface area contributed by atoms with Gasteiger partial charge in [0.25, 0.3) is 0 Å². The summed E-state index contributed by atoms with van der Waals surface area (Å²) in [5.41, 5.74) is 3.57. The molecule has 0 amide bonds. The Bertz CT molecular complexity index is 1040. The molecule has 2 aromatic heterocycles. The van der Waals surface area contributed by atoms with Crippen molar-refractivity contribution in [1.82, 2.24) is 15.0 Å². The van der Waals surface area contributed by atoms with Crippen LogP contribution in [0.3, 0.4) is 0 Å². The molecule has 0 aliphatic rings. The van der Waals surface area contributed by atoms with Gasteiger partial charge in [0.05, 0.1) is 12.6 Å². The van der Waals surface area contributed by atoms with Crippen molar-refractivity contribution in [1.29, 1.82) is 0 Å². The lowest BCUT2D eigenvalue weighted by Crippen LogP contribution is -2.06. The molecule has 0 unspecified atom stereocenters. The average Bonchev–Trinajstić information content (AvgIpc) is 2.73. The maximum Gasteiger partial charge on any atom is 0.229 e. The molecule has 0 aliphatic carbocycles. The molecule has 6 heteroatoms. The van der Waals surface area contributed by atoms with Gasteiger partial charge in [-0.3, -0.25) is 4.98 Å².